The summed E-state index contributed by atoms with van der Waals surface area (Å²) < 4.78 is 20.4. The highest BCUT2D eigenvalue weighted by molar-refractivity contribution is 9.10. The summed E-state index contributed by atoms with van der Waals surface area (Å²) in [5.41, 5.74) is 1.22. The van der Waals surface area contributed by atoms with Crippen molar-refractivity contribution in [2.75, 3.05) is 0 Å². The highest BCUT2D eigenvalue weighted by atomic mass is 79.9. The molecule has 26 heavy (non-hydrogen) atoms. The molecule has 1 N–H and O–H groups in total. The minimum Gasteiger partial charge on any atom is -0.420 e. The van der Waals surface area contributed by atoms with E-state index in [1.807, 2.05) is 24.3 Å². The molecule has 0 aliphatic heterocycles. The van der Waals surface area contributed by atoms with Gasteiger partial charge in [0.05, 0.1) is 11.3 Å². The average molecular weight is 432 g/mol. The molecule has 130 valence electrons. The van der Waals surface area contributed by atoms with Crippen LogP contribution in [0, 0.1) is 5.82 Å². The summed E-state index contributed by atoms with van der Waals surface area (Å²) in [7, 11) is 0. The maximum absolute atomic E-state index is 13.8. The van der Waals surface area contributed by atoms with Gasteiger partial charge in [-0.25, -0.2) is 9.37 Å². The van der Waals surface area contributed by atoms with Crippen LogP contribution in [0.1, 0.15) is 5.89 Å². The molecule has 0 radical (unpaired) electrons. The third kappa shape index (κ3) is 3.68. The Balaban J connectivity index is 1.44. The van der Waals surface area contributed by atoms with Crippen LogP contribution in [0.25, 0.3) is 22.8 Å². The Morgan fingerprint density at radius 1 is 1.08 bits per heavy atom. The number of hydrogen-bond donors (Lipinski definition) is 1. The first-order chi connectivity index (χ1) is 12.7. The lowest BCUT2D eigenvalue weighted by molar-refractivity contribution is 0.528. The Labute approximate surface area is 160 Å². The van der Waals surface area contributed by atoms with Gasteiger partial charge in [0.15, 0.2) is 5.82 Å². The number of hydrogen-bond acceptors (Lipinski definition) is 6. The monoisotopic (exact) mass is 431 g/mol. The van der Waals surface area contributed by atoms with E-state index in [0.29, 0.717) is 34.1 Å². The zero-order chi connectivity index (χ0) is 17.9. The van der Waals surface area contributed by atoms with E-state index in [0.717, 1.165) is 10.0 Å². The lowest BCUT2D eigenvalue weighted by atomic mass is 10.2. The number of aromatic amines is 1. The summed E-state index contributed by atoms with van der Waals surface area (Å²) in [5.74, 6) is 1.36. The maximum atomic E-state index is 13.8. The van der Waals surface area contributed by atoms with Crippen molar-refractivity contribution in [2.24, 2.45) is 0 Å². The number of thioether (sulfide) groups is 1. The van der Waals surface area contributed by atoms with Gasteiger partial charge in [0.1, 0.15) is 5.82 Å². The third-order valence-electron chi connectivity index (χ3n) is 3.48. The van der Waals surface area contributed by atoms with Crippen LogP contribution in [-0.4, -0.2) is 25.4 Å². The predicted molar refractivity (Wildman–Crippen MR) is 98.8 cm³/mol. The fourth-order valence-corrected chi connectivity index (χ4v) is 3.13. The van der Waals surface area contributed by atoms with E-state index in [2.05, 4.69) is 41.3 Å². The van der Waals surface area contributed by atoms with Crippen molar-refractivity contribution in [1.82, 2.24) is 25.4 Å². The van der Waals surface area contributed by atoms with Crippen LogP contribution in [0.4, 0.5) is 4.39 Å². The smallest absolute Gasteiger partial charge is 0.247 e. The normalized spacial score (nSPS) is 11.0. The first-order valence-electron chi connectivity index (χ1n) is 7.57. The van der Waals surface area contributed by atoms with E-state index >= 15 is 0 Å². The van der Waals surface area contributed by atoms with Crippen molar-refractivity contribution >= 4 is 27.7 Å². The van der Waals surface area contributed by atoms with Crippen LogP contribution in [0.15, 0.2) is 62.6 Å². The van der Waals surface area contributed by atoms with E-state index in [9.17, 15) is 4.39 Å². The fraction of sp³-hybridized carbons (Fsp3) is 0.0588. The summed E-state index contributed by atoms with van der Waals surface area (Å²) in [5, 5.41) is 15.4. The molecule has 6 nitrogen and oxygen atoms in total. The standard InChI is InChI=1S/C17H11BrFN5OS/c18-11-7-5-10(6-8-11)16-23-21-14(25-16)9-26-17-20-15(22-24-17)12-3-1-2-4-13(12)19/h1-8H,9H2,(H,20,22,24). The van der Waals surface area contributed by atoms with Crippen LogP contribution >= 0.6 is 27.7 Å². The van der Waals surface area contributed by atoms with E-state index < -0.39 is 0 Å². The van der Waals surface area contributed by atoms with Gasteiger partial charge in [-0.1, -0.05) is 39.8 Å². The number of nitrogens with one attached hydrogen (secondary N) is 1. The Hall–Kier alpha value is -2.52. The summed E-state index contributed by atoms with van der Waals surface area (Å²) in [6.07, 6.45) is 0. The van der Waals surface area contributed by atoms with E-state index in [4.69, 9.17) is 4.42 Å². The molecular formula is C17H11BrFN5OS. The number of benzene rings is 2. The lowest BCUT2D eigenvalue weighted by Crippen LogP contribution is -1.85. The SMILES string of the molecule is Fc1ccccc1-c1nc(SCc2nnc(-c3ccc(Br)cc3)o2)n[nH]1. The molecule has 0 aliphatic rings. The van der Waals surface area contributed by atoms with Gasteiger partial charge in [-0.2, -0.15) is 0 Å². The molecular weight excluding hydrogens is 421 g/mol. The van der Waals surface area contributed by atoms with Gasteiger partial charge in [0.25, 0.3) is 0 Å². The van der Waals surface area contributed by atoms with Gasteiger partial charge in [0, 0.05) is 10.0 Å². The summed E-state index contributed by atoms with van der Waals surface area (Å²) in [6.45, 7) is 0. The first-order valence-corrected chi connectivity index (χ1v) is 9.35. The molecule has 2 aromatic carbocycles. The largest absolute Gasteiger partial charge is 0.420 e. The molecule has 0 atom stereocenters. The van der Waals surface area contributed by atoms with Gasteiger partial charge in [-0.15, -0.1) is 15.3 Å². The van der Waals surface area contributed by atoms with Gasteiger partial charge in [0.2, 0.25) is 16.9 Å². The molecule has 0 bridgehead atoms. The van der Waals surface area contributed by atoms with Crippen molar-refractivity contribution < 1.29 is 8.81 Å². The maximum Gasteiger partial charge on any atom is 0.247 e. The Kier molecular flexibility index (Phi) is 4.81. The molecule has 0 unspecified atom stereocenters. The zero-order valence-electron chi connectivity index (χ0n) is 13.2. The number of halogens is 2. The topological polar surface area (TPSA) is 80.5 Å². The van der Waals surface area contributed by atoms with Crippen LogP contribution in [0.5, 0.6) is 0 Å². The second-order valence-electron chi connectivity index (χ2n) is 5.24. The number of rotatable bonds is 5. The highest BCUT2D eigenvalue weighted by Gasteiger charge is 2.13. The highest BCUT2D eigenvalue weighted by Crippen LogP contribution is 2.25. The fourth-order valence-electron chi connectivity index (χ4n) is 2.23. The second kappa shape index (κ2) is 7.38. The van der Waals surface area contributed by atoms with Crippen LogP contribution in [-0.2, 0) is 5.75 Å². The van der Waals surface area contributed by atoms with Crippen molar-refractivity contribution in [3.8, 4) is 22.8 Å². The van der Waals surface area contributed by atoms with Crippen molar-refractivity contribution in [1.29, 1.82) is 0 Å². The number of aromatic nitrogens is 5. The first kappa shape index (κ1) is 16.9. The number of nitrogens with zero attached hydrogens (tertiary/aromatic N) is 4. The quantitative estimate of drug-likeness (QED) is 0.460. The van der Waals surface area contributed by atoms with Gasteiger partial charge in [-0.05, 0) is 36.4 Å². The molecule has 2 aromatic heterocycles. The lowest BCUT2D eigenvalue weighted by Gasteiger charge is -1.96. The molecule has 0 amide bonds. The molecule has 0 fully saturated rings. The predicted octanol–water partition coefficient (Wildman–Crippen LogP) is 4.72. The molecule has 9 heteroatoms. The summed E-state index contributed by atoms with van der Waals surface area (Å²) >= 11 is 4.71. The van der Waals surface area contributed by atoms with Gasteiger partial charge < -0.3 is 4.42 Å². The minimum atomic E-state index is -0.351. The van der Waals surface area contributed by atoms with E-state index in [1.165, 1.54) is 17.8 Å². The Morgan fingerprint density at radius 3 is 2.69 bits per heavy atom. The molecule has 0 saturated carbocycles. The zero-order valence-corrected chi connectivity index (χ0v) is 15.6. The van der Waals surface area contributed by atoms with Crippen LogP contribution < -0.4 is 0 Å². The Morgan fingerprint density at radius 2 is 1.88 bits per heavy atom. The molecule has 0 aliphatic carbocycles. The summed E-state index contributed by atoms with van der Waals surface area (Å²) in [4.78, 5) is 4.29. The minimum absolute atomic E-state index is 0.351. The Bertz CT molecular complexity index is 1030. The number of H-pyrrole nitrogens is 1. The van der Waals surface area contributed by atoms with E-state index in [-0.39, 0.29) is 5.82 Å². The van der Waals surface area contributed by atoms with Crippen LogP contribution in [0.3, 0.4) is 0 Å². The molecule has 4 rings (SSSR count). The van der Waals surface area contributed by atoms with Crippen molar-refractivity contribution in [2.45, 2.75) is 10.9 Å². The van der Waals surface area contributed by atoms with Gasteiger partial charge >= 0.3 is 0 Å². The summed E-state index contributed by atoms with van der Waals surface area (Å²) in [6, 6.07) is 14.0. The van der Waals surface area contributed by atoms with Crippen molar-refractivity contribution in [3.05, 3.63) is 64.7 Å². The van der Waals surface area contributed by atoms with E-state index in [1.54, 1.807) is 18.2 Å². The average Bonchev–Trinajstić information content (AvgIpc) is 3.30. The van der Waals surface area contributed by atoms with Crippen LogP contribution in [0.2, 0.25) is 0 Å². The van der Waals surface area contributed by atoms with Crippen molar-refractivity contribution in [3.63, 3.8) is 0 Å². The molecule has 2 heterocycles. The second-order valence-corrected chi connectivity index (χ2v) is 7.10. The third-order valence-corrected chi connectivity index (χ3v) is 4.84. The molecule has 0 spiro atoms. The van der Waals surface area contributed by atoms with Gasteiger partial charge in [-0.3, -0.25) is 5.10 Å². The molecule has 0 saturated heterocycles. The molecule has 4 aromatic rings.